The van der Waals surface area contributed by atoms with Gasteiger partial charge in [0.25, 0.3) is 0 Å². The van der Waals surface area contributed by atoms with Crippen molar-refractivity contribution in [3.05, 3.63) is 30.1 Å². The van der Waals surface area contributed by atoms with Crippen LogP contribution in [-0.4, -0.2) is 29.5 Å². The van der Waals surface area contributed by atoms with E-state index in [4.69, 9.17) is 5.73 Å². The summed E-state index contributed by atoms with van der Waals surface area (Å²) in [6.45, 7) is 6.23. The zero-order valence-electron chi connectivity index (χ0n) is 9.52. The Kier molecular flexibility index (Phi) is 5.97. The monoisotopic (exact) mass is 207 g/mol. The Morgan fingerprint density at radius 2 is 2.00 bits per heavy atom. The van der Waals surface area contributed by atoms with E-state index in [1.807, 2.05) is 12.4 Å². The van der Waals surface area contributed by atoms with E-state index in [9.17, 15) is 0 Å². The lowest BCUT2D eigenvalue weighted by Gasteiger charge is -2.21. The lowest BCUT2D eigenvalue weighted by molar-refractivity contribution is 0.264. The number of nitrogens with two attached hydrogens (primary N) is 1. The second kappa shape index (κ2) is 7.37. The molecule has 0 aliphatic carbocycles. The van der Waals surface area contributed by atoms with Crippen molar-refractivity contribution in [1.82, 2.24) is 9.88 Å². The SMILES string of the molecule is CCCN(CCCN)Cc1ccncc1. The lowest BCUT2D eigenvalue weighted by Crippen LogP contribution is -2.26. The molecule has 1 heterocycles. The van der Waals surface area contributed by atoms with Gasteiger partial charge in [-0.25, -0.2) is 0 Å². The molecule has 0 unspecified atom stereocenters. The molecular weight excluding hydrogens is 186 g/mol. The minimum absolute atomic E-state index is 0.774. The maximum absolute atomic E-state index is 5.53. The molecule has 84 valence electrons. The number of rotatable bonds is 7. The van der Waals surface area contributed by atoms with Crippen molar-refractivity contribution in [3.8, 4) is 0 Å². The third-order valence-electron chi connectivity index (χ3n) is 2.37. The van der Waals surface area contributed by atoms with E-state index in [0.29, 0.717) is 0 Å². The molecule has 3 heteroatoms. The van der Waals surface area contributed by atoms with Gasteiger partial charge in [-0.2, -0.15) is 0 Å². The summed E-state index contributed by atoms with van der Waals surface area (Å²) >= 11 is 0. The summed E-state index contributed by atoms with van der Waals surface area (Å²) in [7, 11) is 0. The van der Waals surface area contributed by atoms with Crippen molar-refractivity contribution >= 4 is 0 Å². The Balaban J connectivity index is 2.43. The molecule has 0 atom stereocenters. The fourth-order valence-corrected chi connectivity index (χ4v) is 1.65. The molecule has 0 aliphatic heterocycles. The van der Waals surface area contributed by atoms with E-state index >= 15 is 0 Å². The fraction of sp³-hybridized carbons (Fsp3) is 0.583. The predicted molar refractivity (Wildman–Crippen MR) is 63.5 cm³/mol. The Morgan fingerprint density at radius 1 is 1.27 bits per heavy atom. The van der Waals surface area contributed by atoms with E-state index in [-0.39, 0.29) is 0 Å². The van der Waals surface area contributed by atoms with Crippen LogP contribution in [0.3, 0.4) is 0 Å². The molecule has 0 bridgehead atoms. The first-order chi connectivity index (χ1) is 7.36. The van der Waals surface area contributed by atoms with Crippen molar-refractivity contribution in [1.29, 1.82) is 0 Å². The van der Waals surface area contributed by atoms with Crippen LogP contribution >= 0.6 is 0 Å². The molecule has 1 aromatic rings. The summed E-state index contributed by atoms with van der Waals surface area (Å²) in [5, 5.41) is 0. The molecule has 0 fully saturated rings. The van der Waals surface area contributed by atoms with Crippen LogP contribution in [0.15, 0.2) is 24.5 Å². The number of nitrogens with zero attached hydrogens (tertiary/aromatic N) is 2. The van der Waals surface area contributed by atoms with Crippen molar-refractivity contribution in [2.75, 3.05) is 19.6 Å². The van der Waals surface area contributed by atoms with Crippen molar-refractivity contribution in [2.45, 2.75) is 26.3 Å². The summed E-state index contributed by atoms with van der Waals surface area (Å²) in [5.41, 5.74) is 6.86. The highest BCUT2D eigenvalue weighted by Gasteiger charge is 2.03. The molecule has 1 rings (SSSR count). The summed E-state index contributed by atoms with van der Waals surface area (Å²) in [6.07, 6.45) is 5.96. The molecule has 0 spiro atoms. The minimum atomic E-state index is 0.774. The Bertz CT molecular complexity index is 248. The van der Waals surface area contributed by atoms with Gasteiger partial charge >= 0.3 is 0 Å². The molecule has 15 heavy (non-hydrogen) atoms. The molecule has 0 aliphatic rings. The number of hydrogen-bond donors (Lipinski definition) is 1. The number of pyridine rings is 1. The van der Waals surface area contributed by atoms with E-state index in [1.165, 1.54) is 12.0 Å². The van der Waals surface area contributed by atoms with E-state index in [2.05, 4.69) is 28.9 Å². The molecular formula is C12H21N3. The smallest absolute Gasteiger partial charge is 0.0271 e. The Morgan fingerprint density at radius 3 is 2.60 bits per heavy atom. The molecule has 1 aromatic heterocycles. The normalized spacial score (nSPS) is 10.9. The molecule has 2 N–H and O–H groups in total. The molecule has 0 amide bonds. The average molecular weight is 207 g/mol. The fourth-order valence-electron chi connectivity index (χ4n) is 1.65. The maximum atomic E-state index is 5.53. The van der Waals surface area contributed by atoms with Crippen LogP contribution in [0.25, 0.3) is 0 Å². The third kappa shape index (κ3) is 4.91. The van der Waals surface area contributed by atoms with Gasteiger partial charge in [0.15, 0.2) is 0 Å². The van der Waals surface area contributed by atoms with Crippen molar-refractivity contribution in [2.24, 2.45) is 5.73 Å². The van der Waals surface area contributed by atoms with Crippen LogP contribution in [0.4, 0.5) is 0 Å². The van der Waals surface area contributed by atoms with Crippen LogP contribution < -0.4 is 5.73 Å². The highest BCUT2D eigenvalue weighted by atomic mass is 15.1. The first-order valence-electron chi connectivity index (χ1n) is 5.68. The van der Waals surface area contributed by atoms with Gasteiger partial charge in [-0.1, -0.05) is 6.92 Å². The van der Waals surface area contributed by atoms with Crippen LogP contribution in [0.2, 0.25) is 0 Å². The quantitative estimate of drug-likeness (QED) is 0.739. The summed E-state index contributed by atoms with van der Waals surface area (Å²) in [5.74, 6) is 0. The lowest BCUT2D eigenvalue weighted by atomic mass is 10.2. The van der Waals surface area contributed by atoms with Gasteiger partial charge < -0.3 is 5.73 Å². The second-order valence-corrected chi connectivity index (χ2v) is 3.77. The first-order valence-corrected chi connectivity index (χ1v) is 5.68. The van der Waals surface area contributed by atoms with Crippen LogP contribution in [-0.2, 0) is 6.54 Å². The predicted octanol–water partition coefficient (Wildman–Crippen LogP) is 1.64. The Labute approximate surface area is 92.3 Å². The molecule has 3 nitrogen and oxygen atoms in total. The highest BCUT2D eigenvalue weighted by molar-refractivity contribution is 5.09. The molecule has 0 saturated carbocycles. The van der Waals surface area contributed by atoms with Gasteiger partial charge in [0.2, 0.25) is 0 Å². The summed E-state index contributed by atoms with van der Waals surface area (Å²) in [4.78, 5) is 6.47. The third-order valence-corrected chi connectivity index (χ3v) is 2.37. The summed E-state index contributed by atoms with van der Waals surface area (Å²) in [6, 6.07) is 4.15. The van der Waals surface area contributed by atoms with Gasteiger partial charge in [0.05, 0.1) is 0 Å². The van der Waals surface area contributed by atoms with E-state index in [1.54, 1.807) is 0 Å². The largest absolute Gasteiger partial charge is 0.330 e. The van der Waals surface area contributed by atoms with Crippen LogP contribution in [0.1, 0.15) is 25.3 Å². The van der Waals surface area contributed by atoms with Crippen molar-refractivity contribution in [3.63, 3.8) is 0 Å². The Hall–Kier alpha value is -0.930. The van der Waals surface area contributed by atoms with Gasteiger partial charge in [-0.05, 0) is 50.2 Å². The van der Waals surface area contributed by atoms with Gasteiger partial charge in [-0.15, -0.1) is 0 Å². The zero-order chi connectivity index (χ0) is 10.9. The van der Waals surface area contributed by atoms with E-state index in [0.717, 1.165) is 32.6 Å². The molecule has 0 aromatic carbocycles. The zero-order valence-corrected chi connectivity index (χ0v) is 9.52. The highest BCUT2D eigenvalue weighted by Crippen LogP contribution is 2.04. The first kappa shape index (κ1) is 12.1. The average Bonchev–Trinajstić information content (AvgIpc) is 2.28. The minimum Gasteiger partial charge on any atom is -0.330 e. The van der Waals surface area contributed by atoms with Crippen LogP contribution in [0.5, 0.6) is 0 Å². The number of aromatic nitrogens is 1. The maximum Gasteiger partial charge on any atom is 0.0271 e. The van der Waals surface area contributed by atoms with Crippen LogP contribution in [0, 0.1) is 0 Å². The topological polar surface area (TPSA) is 42.1 Å². The molecule has 0 saturated heterocycles. The second-order valence-electron chi connectivity index (χ2n) is 3.77. The number of hydrogen-bond acceptors (Lipinski definition) is 3. The van der Waals surface area contributed by atoms with Gasteiger partial charge in [-0.3, -0.25) is 9.88 Å². The van der Waals surface area contributed by atoms with Gasteiger partial charge in [0, 0.05) is 18.9 Å². The van der Waals surface area contributed by atoms with Gasteiger partial charge in [0.1, 0.15) is 0 Å². The van der Waals surface area contributed by atoms with E-state index < -0.39 is 0 Å². The standard InChI is InChI=1S/C12H21N3/c1-2-9-15(10-3-6-13)11-12-4-7-14-8-5-12/h4-5,7-8H,2-3,6,9-11,13H2,1H3. The van der Waals surface area contributed by atoms with Crippen molar-refractivity contribution < 1.29 is 0 Å². The molecule has 0 radical (unpaired) electrons. The summed E-state index contributed by atoms with van der Waals surface area (Å²) < 4.78 is 0.